The molecule has 1 aromatic heterocycles. The van der Waals surface area contributed by atoms with Gasteiger partial charge in [-0.05, 0) is 34.7 Å². The second-order valence-electron chi connectivity index (χ2n) is 3.88. The molecule has 0 atom stereocenters. The number of carboxylic acids is 1. The highest BCUT2D eigenvalue weighted by Gasteiger charge is 2.07. The van der Waals surface area contributed by atoms with E-state index in [1.165, 1.54) is 17.1 Å². The van der Waals surface area contributed by atoms with Crippen molar-refractivity contribution in [3.8, 4) is 0 Å². The summed E-state index contributed by atoms with van der Waals surface area (Å²) in [4.78, 5) is 22.3. The number of urea groups is 1. The van der Waals surface area contributed by atoms with Crippen molar-refractivity contribution in [2.75, 3.05) is 10.6 Å². The van der Waals surface area contributed by atoms with Crippen LogP contribution in [0.1, 0.15) is 0 Å². The molecule has 1 aromatic carbocycles. The van der Waals surface area contributed by atoms with Gasteiger partial charge in [0.05, 0.1) is 17.6 Å². The van der Waals surface area contributed by atoms with Gasteiger partial charge in [0.15, 0.2) is 0 Å². The number of amides is 2. The van der Waals surface area contributed by atoms with Crippen LogP contribution in [0.4, 0.5) is 16.2 Å². The Morgan fingerprint density at radius 1 is 1.30 bits per heavy atom. The highest BCUT2D eigenvalue weighted by Crippen LogP contribution is 2.17. The van der Waals surface area contributed by atoms with Crippen molar-refractivity contribution in [3.63, 3.8) is 0 Å². The van der Waals surface area contributed by atoms with Crippen LogP contribution in [0, 0.1) is 3.57 Å². The number of benzene rings is 1. The van der Waals surface area contributed by atoms with E-state index >= 15 is 0 Å². The minimum Gasteiger partial charge on any atom is -0.480 e. The van der Waals surface area contributed by atoms with Crippen LogP contribution in [0.25, 0.3) is 0 Å². The van der Waals surface area contributed by atoms with Crippen LogP contribution in [0.15, 0.2) is 36.7 Å². The summed E-state index contributed by atoms with van der Waals surface area (Å²) in [5.74, 6) is -0.997. The first-order chi connectivity index (χ1) is 9.54. The predicted molar refractivity (Wildman–Crippen MR) is 81.7 cm³/mol. The lowest BCUT2D eigenvalue weighted by molar-refractivity contribution is -0.137. The first-order valence-electron chi connectivity index (χ1n) is 5.61. The fourth-order valence-corrected chi connectivity index (χ4v) is 2.02. The largest absolute Gasteiger partial charge is 0.480 e. The molecular weight excluding hydrogens is 375 g/mol. The van der Waals surface area contributed by atoms with Crippen molar-refractivity contribution in [1.29, 1.82) is 0 Å². The lowest BCUT2D eigenvalue weighted by Gasteiger charge is -2.07. The summed E-state index contributed by atoms with van der Waals surface area (Å²) in [7, 11) is 0. The highest BCUT2D eigenvalue weighted by atomic mass is 127. The van der Waals surface area contributed by atoms with Crippen LogP contribution in [0.5, 0.6) is 0 Å². The summed E-state index contributed by atoms with van der Waals surface area (Å²) >= 11 is 2.12. The van der Waals surface area contributed by atoms with Crippen LogP contribution in [-0.4, -0.2) is 26.9 Å². The molecule has 0 spiro atoms. The Labute approximate surface area is 128 Å². The molecule has 0 fully saturated rings. The predicted octanol–water partition coefficient (Wildman–Crippen LogP) is 2.22. The lowest BCUT2D eigenvalue weighted by atomic mass is 10.3. The zero-order valence-corrected chi connectivity index (χ0v) is 12.4. The minimum atomic E-state index is -0.997. The molecule has 7 nitrogen and oxygen atoms in total. The fraction of sp³-hybridized carbons (Fsp3) is 0.0833. The Morgan fingerprint density at radius 3 is 2.75 bits per heavy atom. The number of para-hydroxylation sites is 1. The first kappa shape index (κ1) is 14.3. The Morgan fingerprint density at radius 2 is 2.05 bits per heavy atom. The summed E-state index contributed by atoms with van der Waals surface area (Å²) in [5.41, 5.74) is 1.12. The second kappa shape index (κ2) is 6.37. The van der Waals surface area contributed by atoms with Gasteiger partial charge in [0, 0.05) is 9.77 Å². The van der Waals surface area contributed by atoms with E-state index in [0.717, 1.165) is 3.57 Å². The molecule has 0 saturated carbocycles. The van der Waals surface area contributed by atoms with Gasteiger partial charge in [-0.3, -0.25) is 9.48 Å². The number of nitrogens with zero attached hydrogens (tertiary/aromatic N) is 2. The molecular formula is C12H11IN4O3. The van der Waals surface area contributed by atoms with Gasteiger partial charge in [-0.25, -0.2) is 4.79 Å². The van der Waals surface area contributed by atoms with Crippen molar-refractivity contribution in [2.24, 2.45) is 0 Å². The van der Waals surface area contributed by atoms with E-state index in [1.54, 1.807) is 6.07 Å². The molecule has 3 N–H and O–H groups in total. The van der Waals surface area contributed by atoms with E-state index in [2.05, 4.69) is 38.3 Å². The zero-order valence-electron chi connectivity index (χ0n) is 10.2. The van der Waals surface area contributed by atoms with Gasteiger partial charge in [0.25, 0.3) is 0 Å². The molecule has 0 radical (unpaired) electrons. The monoisotopic (exact) mass is 386 g/mol. The number of aliphatic carboxylic acids is 1. The molecule has 0 unspecified atom stereocenters. The van der Waals surface area contributed by atoms with Crippen LogP contribution in [0.2, 0.25) is 0 Å². The second-order valence-corrected chi connectivity index (χ2v) is 5.04. The maximum Gasteiger partial charge on any atom is 0.325 e. The molecule has 0 aliphatic heterocycles. The maximum absolute atomic E-state index is 11.8. The average Bonchev–Trinajstić information content (AvgIpc) is 2.78. The standard InChI is InChI=1S/C12H11IN4O3/c13-9-3-1-2-4-10(9)16-12(20)15-8-5-14-17(6-8)7-11(18)19/h1-6H,7H2,(H,18,19)(H2,15,16,20). The summed E-state index contributed by atoms with van der Waals surface area (Å²) in [6, 6.07) is 6.95. The molecule has 8 heteroatoms. The van der Waals surface area contributed by atoms with Crippen molar-refractivity contribution >= 4 is 46.0 Å². The van der Waals surface area contributed by atoms with Gasteiger partial charge in [-0.15, -0.1) is 0 Å². The van der Waals surface area contributed by atoms with E-state index in [1.807, 2.05) is 18.2 Å². The van der Waals surface area contributed by atoms with Gasteiger partial charge in [-0.1, -0.05) is 12.1 Å². The zero-order chi connectivity index (χ0) is 14.5. The van der Waals surface area contributed by atoms with Gasteiger partial charge >= 0.3 is 12.0 Å². The number of anilines is 2. The number of hydrogen-bond donors (Lipinski definition) is 3. The van der Waals surface area contributed by atoms with Crippen LogP contribution in [0.3, 0.4) is 0 Å². The fourth-order valence-electron chi connectivity index (χ4n) is 1.50. The number of carboxylic acid groups (broad SMARTS) is 1. The molecule has 0 saturated heterocycles. The topological polar surface area (TPSA) is 96.2 Å². The van der Waals surface area contributed by atoms with E-state index in [4.69, 9.17) is 5.11 Å². The Balaban J connectivity index is 1.96. The number of hydrogen-bond acceptors (Lipinski definition) is 3. The molecule has 2 aromatic rings. The van der Waals surface area contributed by atoms with Gasteiger partial charge in [-0.2, -0.15) is 5.10 Å². The smallest absolute Gasteiger partial charge is 0.325 e. The van der Waals surface area contributed by atoms with E-state index in [9.17, 15) is 9.59 Å². The number of carbonyl (C=O) groups is 2. The van der Waals surface area contributed by atoms with Crippen molar-refractivity contribution in [1.82, 2.24) is 9.78 Å². The molecule has 20 heavy (non-hydrogen) atoms. The van der Waals surface area contributed by atoms with Crippen molar-refractivity contribution < 1.29 is 14.7 Å². The SMILES string of the molecule is O=C(O)Cn1cc(NC(=O)Nc2ccccc2I)cn1. The summed E-state index contributed by atoms with van der Waals surface area (Å²) in [6.45, 7) is -0.250. The van der Waals surface area contributed by atoms with Crippen molar-refractivity contribution in [2.45, 2.75) is 6.54 Å². The molecule has 0 aliphatic carbocycles. The van der Waals surface area contributed by atoms with Crippen LogP contribution < -0.4 is 10.6 Å². The van der Waals surface area contributed by atoms with Gasteiger partial charge in [0.2, 0.25) is 0 Å². The van der Waals surface area contributed by atoms with Crippen LogP contribution in [-0.2, 0) is 11.3 Å². The average molecular weight is 386 g/mol. The minimum absolute atomic E-state index is 0.250. The van der Waals surface area contributed by atoms with E-state index in [0.29, 0.717) is 11.4 Å². The van der Waals surface area contributed by atoms with Crippen molar-refractivity contribution in [3.05, 3.63) is 40.2 Å². The Hall–Kier alpha value is -2.10. The summed E-state index contributed by atoms with van der Waals surface area (Å²) in [6.07, 6.45) is 2.84. The third-order valence-corrected chi connectivity index (χ3v) is 3.25. The quantitative estimate of drug-likeness (QED) is 0.703. The molecule has 2 rings (SSSR count). The third kappa shape index (κ3) is 3.95. The van der Waals surface area contributed by atoms with Crippen LogP contribution >= 0.6 is 22.6 Å². The molecule has 0 bridgehead atoms. The lowest BCUT2D eigenvalue weighted by Crippen LogP contribution is -2.19. The summed E-state index contributed by atoms with van der Waals surface area (Å²) < 4.78 is 2.14. The number of rotatable bonds is 4. The molecule has 0 aliphatic rings. The van der Waals surface area contributed by atoms with E-state index < -0.39 is 12.0 Å². The highest BCUT2D eigenvalue weighted by molar-refractivity contribution is 14.1. The number of nitrogens with one attached hydrogen (secondary N) is 2. The van der Waals surface area contributed by atoms with Gasteiger partial charge < -0.3 is 15.7 Å². The Bertz CT molecular complexity index is 641. The normalized spacial score (nSPS) is 10.1. The number of carbonyl (C=O) groups excluding carboxylic acids is 1. The first-order valence-corrected chi connectivity index (χ1v) is 6.69. The maximum atomic E-state index is 11.8. The number of halogens is 1. The third-order valence-electron chi connectivity index (χ3n) is 2.31. The number of aromatic nitrogens is 2. The van der Waals surface area contributed by atoms with E-state index in [-0.39, 0.29) is 6.54 Å². The molecule has 2 amide bonds. The Kier molecular flexibility index (Phi) is 4.56. The van der Waals surface area contributed by atoms with Gasteiger partial charge in [0.1, 0.15) is 6.54 Å². The summed E-state index contributed by atoms with van der Waals surface area (Å²) in [5, 5.41) is 17.7. The molecule has 1 heterocycles. The molecule has 104 valence electrons.